The molecule has 370 valence electrons. The van der Waals surface area contributed by atoms with Gasteiger partial charge in [0.15, 0.2) is 0 Å². The number of unbranched alkanes of at least 4 members (excludes halogenated alkanes) is 2. The van der Waals surface area contributed by atoms with Gasteiger partial charge in [-0.05, 0) is 121 Å². The first-order valence-corrected chi connectivity index (χ1v) is 25.1. The Morgan fingerprint density at radius 2 is 1.64 bits per heavy atom. The van der Waals surface area contributed by atoms with Gasteiger partial charge in [-0.25, -0.2) is 0 Å². The maximum atomic E-state index is 14.8. The van der Waals surface area contributed by atoms with Crippen LogP contribution < -0.4 is 9.47 Å². The summed E-state index contributed by atoms with van der Waals surface area (Å²) in [6.07, 6.45) is 12.1. The summed E-state index contributed by atoms with van der Waals surface area (Å²) in [5.74, 6) is -0.622. The van der Waals surface area contributed by atoms with Crippen LogP contribution in [0.4, 0.5) is 11.4 Å². The summed E-state index contributed by atoms with van der Waals surface area (Å²) in [5, 5.41) is 47.7. The molecule has 2 aliphatic carbocycles. The molecule has 2 N–H and O–H groups in total. The van der Waals surface area contributed by atoms with E-state index in [2.05, 4.69) is 30.9 Å². The van der Waals surface area contributed by atoms with E-state index in [1.54, 1.807) is 53.1 Å². The first kappa shape index (κ1) is 51.5. The fourth-order valence-electron chi connectivity index (χ4n) is 10.1. The van der Waals surface area contributed by atoms with Crippen molar-refractivity contribution < 1.29 is 43.9 Å². The number of aliphatic hydroxyl groups excluding tert-OH is 2. The molecule has 0 saturated heterocycles. The molecule has 1 heterocycles. The number of hydrogen-bond donors (Lipinski definition) is 2. The smallest absolute Gasteiger partial charge is 0.269 e. The van der Waals surface area contributed by atoms with E-state index >= 15 is 0 Å². The number of non-ortho nitro benzene ring substituents is 2. The molecule has 4 aromatic carbocycles. The van der Waals surface area contributed by atoms with Crippen molar-refractivity contribution in [1.82, 2.24) is 4.90 Å². The number of carbonyl (C=O) groups is 1. The van der Waals surface area contributed by atoms with Gasteiger partial charge in [0.25, 0.3) is 11.4 Å². The molecule has 1 aliphatic heterocycles. The topological polar surface area (TPSA) is 196 Å². The second kappa shape index (κ2) is 25.0. The van der Waals surface area contributed by atoms with Crippen molar-refractivity contribution in [2.75, 3.05) is 38.7 Å². The number of benzene rings is 4. The molecule has 1 amide bonds. The molecule has 6 unspecified atom stereocenters. The Morgan fingerprint density at radius 3 is 2.31 bits per heavy atom. The molecule has 0 aromatic heterocycles. The zero-order valence-electron chi connectivity index (χ0n) is 39.5. The number of ether oxygens (including phenoxy) is 3. The van der Waals surface area contributed by atoms with Crippen LogP contribution in [0.25, 0.3) is 6.08 Å². The fourth-order valence-corrected chi connectivity index (χ4v) is 10.9. The molecule has 4 aromatic rings. The summed E-state index contributed by atoms with van der Waals surface area (Å²) >= 11 is 1.71. The highest BCUT2D eigenvalue weighted by atomic mass is 32.2. The highest BCUT2D eigenvalue weighted by Gasteiger charge is 2.65. The lowest BCUT2D eigenvalue weighted by Gasteiger charge is -2.60. The zero-order chi connectivity index (χ0) is 49.5. The van der Waals surface area contributed by atoms with Gasteiger partial charge in [-0.3, -0.25) is 25.0 Å². The molecular weight excluding hydrogens is 913 g/mol. The first-order chi connectivity index (χ1) is 34.1. The van der Waals surface area contributed by atoms with Gasteiger partial charge in [-0.1, -0.05) is 55.3 Å². The lowest BCUT2D eigenvalue weighted by atomic mass is 9.55. The molecule has 1 fully saturated rings. The van der Waals surface area contributed by atoms with Crippen molar-refractivity contribution >= 4 is 40.8 Å². The van der Waals surface area contributed by atoms with E-state index in [9.17, 15) is 35.2 Å². The van der Waals surface area contributed by atoms with Gasteiger partial charge in [0, 0.05) is 78.7 Å². The number of amides is 1. The number of fused-ring (bicyclic) bond motifs is 2. The Bertz CT molecular complexity index is 2500. The van der Waals surface area contributed by atoms with Crippen molar-refractivity contribution in [2.24, 2.45) is 22.9 Å². The number of hydrogen-bond acceptors (Lipinski definition) is 13. The number of rotatable bonds is 26. The Balaban J connectivity index is 1.37. The van der Waals surface area contributed by atoms with Crippen molar-refractivity contribution in [3.05, 3.63) is 164 Å². The Morgan fingerprint density at radius 1 is 0.943 bits per heavy atom. The third-order valence-corrected chi connectivity index (χ3v) is 14.2. The van der Waals surface area contributed by atoms with E-state index in [1.165, 1.54) is 30.3 Å². The van der Waals surface area contributed by atoms with Crippen molar-refractivity contribution in [1.29, 1.82) is 0 Å². The molecule has 16 heteroatoms. The van der Waals surface area contributed by atoms with E-state index in [4.69, 9.17) is 24.2 Å². The van der Waals surface area contributed by atoms with Crippen molar-refractivity contribution in [2.45, 2.75) is 87.5 Å². The number of nitrogens with zero attached hydrogens (tertiary/aromatic N) is 4. The highest BCUT2D eigenvalue weighted by Crippen LogP contribution is 2.62. The molecule has 70 heavy (non-hydrogen) atoms. The van der Waals surface area contributed by atoms with Crippen LogP contribution >= 0.6 is 11.8 Å². The minimum Gasteiger partial charge on any atom is -0.493 e. The van der Waals surface area contributed by atoms with Crippen LogP contribution in [0.3, 0.4) is 0 Å². The first-order valence-electron chi connectivity index (χ1n) is 24.1. The van der Waals surface area contributed by atoms with Crippen LogP contribution in [-0.4, -0.2) is 87.1 Å². The van der Waals surface area contributed by atoms with Crippen LogP contribution in [0.2, 0.25) is 0 Å². The van der Waals surface area contributed by atoms with Crippen LogP contribution in [0.1, 0.15) is 80.9 Å². The number of carbonyl (C=O) groups excluding carboxylic acids is 1. The SMILES string of the molecule is C=CCOC12Oc3ccc(OCCSc4ccccc4)cc3C3C(CCCCO)C(CCCCO)C=C(C(=NOCc4ccc([N+](=O)[O-])cc4)CC1N(CCC)C(=O)C=Cc1ccc([N+](=O)[O-])cc1)C32. The second-order valence-electron chi connectivity index (χ2n) is 17.7. The third kappa shape index (κ3) is 12.3. The quantitative estimate of drug-likeness (QED) is 0.0151. The molecule has 0 radical (unpaired) electrons. The molecule has 3 aliphatic rings. The summed E-state index contributed by atoms with van der Waals surface area (Å²) in [4.78, 5) is 45.8. The number of nitro benzene ring substituents is 2. The van der Waals surface area contributed by atoms with Gasteiger partial charge in [0.1, 0.15) is 24.1 Å². The average molecular weight is 975 g/mol. The van der Waals surface area contributed by atoms with Gasteiger partial charge >= 0.3 is 0 Å². The van der Waals surface area contributed by atoms with Crippen LogP contribution in [-0.2, 0) is 21.0 Å². The fraction of sp³-hybridized carbons (Fsp3) is 0.407. The number of allylic oxidation sites excluding steroid dienone is 1. The molecule has 0 spiro atoms. The summed E-state index contributed by atoms with van der Waals surface area (Å²) in [6, 6.07) is 27.4. The second-order valence-corrected chi connectivity index (χ2v) is 18.9. The predicted octanol–water partition coefficient (Wildman–Crippen LogP) is 10.5. The molecule has 15 nitrogen and oxygen atoms in total. The number of aliphatic hydroxyl groups is 2. The highest BCUT2D eigenvalue weighted by molar-refractivity contribution is 7.99. The Labute approximate surface area is 413 Å². The minimum atomic E-state index is -1.49. The normalized spacial score (nSPS) is 21.8. The van der Waals surface area contributed by atoms with Crippen LogP contribution in [0, 0.1) is 38.0 Å². The number of oxime groups is 1. The predicted molar refractivity (Wildman–Crippen MR) is 270 cm³/mol. The standard InChI is InChI=1S/C54H62N4O11S/c1-3-28-56(51(61)27-20-38-16-21-41(22-17-38)57(62)63)50-36-48(55-68-37-39-18-23-42(24-19-39)58(64)65)46-34-40(12-8-10-29-59)45(15-9-11-30-60)52-47-35-43(66-32-33-70-44-13-6-5-7-14-44)25-26-49(47)69-54(50,53(46)52)67-31-4-2/h4-7,13-14,16-27,34-35,40,45,50,52-53,59-60H,2-3,8-12,15,28-33,36-37H2,1H3. The minimum absolute atomic E-state index is 0.00405. The number of nitro groups is 2. The van der Waals surface area contributed by atoms with Gasteiger partial charge in [0.05, 0.1) is 34.7 Å². The van der Waals surface area contributed by atoms with Crippen LogP contribution in [0.5, 0.6) is 11.5 Å². The summed E-state index contributed by atoms with van der Waals surface area (Å²) in [6.45, 7) is 7.02. The maximum absolute atomic E-state index is 14.8. The van der Waals surface area contributed by atoms with E-state index in [0.29, 0.717) is 60.8 Å². The third-order valence-electron chi connectivity index (χ3n) is 13.2. The van der Waals surface area contributed by atoms with Gasteiger partial charge in [0.2, 0.25) is 11.7 Å². The van der Waals surface area contributed by atoms with E-state index in [1.807, 2.05) is 37.3 Å². The molecule has 1 saturated carbocycles. The molecule has 0 bridgehead atoms. The largest absolute Gasteiger partial charge is 0.493 e. The summed E-state index contributed by atoms with van der Waals surface area (Å²) in [7, 11) is 0. The maximum Gasteiger partial charge on any atom is 0.269 e. The lowest BCUT2D eigenvalue weighted by Crippen LogP contribution is -2.70. The van der Waals surface area contributed by atoms with E-state index in [0.717, 1.165) is 47.5 Å². The Kier molecular flexibility index (Phi) is 18.4. The molecular formula is C54H62N4O11S. The van der Waals surface area contributed by atoms with Gasteiger partial charge < -0.3 is 34.2 Å². The van der Waals surface area contributed by atoms with Gasteiger partial charge in [-0.15, -0.1) is 18.3 Å². The van der Waals surface area contributed by atoms with Gasteiger partial charge in [-0.2, -0.15) is 0 Å². The average Bonchev–Trinajstić information content (AvgIpc) is 3.37. The van der Waals surface area contributed by atoms with Crippen molar-refractivity contribution in [3.63, 3.8) is 0 Å². The number of thioether (sulfide) groups is 1. The summed E-state index contributed by atoms with van der Waals surface area (Å²) in [5.41, 5.74) is 3.58. The molecule has 6 atom stereocenters. The van der Waals surface area contributed by atoms with E-state index < -0.39 is 27.6 Å². The van der Waals surface area contributed by atoms with Crippen molar-refractivity contribution in [3.8, 4) is 11.5 Å². The molecule has 7 rings (SSSR count). The van der Waals surface area contributed by atoms with E-state index in [-0.39, 0.29) is 67.9 Å². The Hall–Kier alpha value is -6.33. The lowest BCUT2D eigenvalue weighted by molar-refractivity contribution is -0.385. The van der Waals surface area contributed by atoms with Crippen LogP contribution in [0.15, 0.2) is 137 Å². The summed E-state index contributed by atoms with van der Waals surface area (Å²) < 4.78 is 20.9. The zero-order valence-corrected chi connectivity index (χ0v) is 40.3. The monoisotopic (exact) mass is 974 g/mol.